The number of rotatable bonds is 7. The molecule has 120 valence electrons. The van der Waals surface area contributed by atoms with Crippen LogP contribution in [0.4, 0.5) is 0 Å². The molecular formula is C15H20ClN3O3. The summed E-state index contributed by atoms with van der Waals surface area (Å²) in [5.74, 6) is 2.09. The fraction of sp³-hybridized carbons (Fsp3) is 0.467. The largest absolute Gasteiger partial charge is 0.493 e. The van der Waals surface area contributed by atoms with Gasteiger partial charge in [-0.15, -0.1) is 0 Å². The predicted molar refractivity (Wildman–Crippen MR) is 84.7 cm³/mol. The Kier molecular flexibility index (Phi) is 5.63. The molecule has 0 amide bonds. The van der Waals surface area contributed by atoms with Crippen LogP contribution in [-0.2, 0) is 6.42 Å². The average molecular weight is 326 g/mol. The second kappa shape index (κ2) is 7.47. The van der Waals surface area contributed by atoms with Crippen molar-refractivity contribution >= 4 is 11.6 Å². The van der Waals surface area contributed by atoms with Crippen molar-refractivity contribution in [3.63, 3.8) is 0 Å². The lowest BCUT2D eigenvalue weighted by Gasteiger charge is -2.11. The Balaban J connectivity index is 2.31. The van der Waals surface area contributed by atoms with E-state index in [4.69, 9.17) is 25.6 Å². The van der Waals surface area contributed by atoms with Crippen LogP contribution in [0.15, 0.2) is 16.7 Å². The monoisotopic (exact) mass is 325 g/mol. The van der Waals surface area contributed by atoms with Crippen molar-refractivity contribution in [1.29, 1.82) is 0 Å². The Morgan fingerprint density at radius 1 is 1.41 bits per heavy atom. The highest BCUT2D eigenvalue weighted by Crippen LogP contribution is 2.39. The molecule has 1 atom stereocenters. The molecule has 0 aliphatic heterocycles. The number of benzene rings is 1. The van der Waals surface area contributed by atoms with Crippen LogP contribution in [0.1, 0.15) is 19.7 Å². The number of hydrogen-bond acceptors (Lipinski definition) is 6. The van der Waals surface area contributed by atoms with Gasteiger partial charge < -0.3 is 19.3 Å². The van der Waals surface area contributed by atoms with Gasteiger partial charge in [0.1, 0.15) is 0 Å². The quantitative estimate of drug-likeness (QED) is 0.844. The van der Waals surface area contributed by atoms with Gasteiger partial charge in [-0.05, 0) is 33.0 Å². The number of nitrogens with one attached hydrogen (secondary N) is 1. The van der Waals surface area contributed by atoms with Gasteiger partial charge in [0.25, 0.3) is 5.89 Å². The number of hydrogen-bond donors (Lipinski definition) is 1. The van der Waals surface area contributed by atoms with Gasteiger partial charge in [0.05, 0.1) is 18.7 Å². The third kappa shape index (κ3) is 3.69. The second-order valence-corrected chi connectivity index (χ2v) is 5.24. The first-order valence-electron chi connectivity index (χ1n) is 7.09. The third-order valence-corrected chi connectivity index (χ3v) is 3.50. The third-order valence-electron chi connectivity index (χ3n) is 3.21. The van der Waals surface area contributed by atoms with Crippen molar-refractivity contribution < 1.29 is 14.0 Å². The summed E-state index contributed by atoms with van der Waals surface area (Å²) in [6.07, 6.45) is 0.682. The number of ether oxygens (including phenoxy) is 2. The highest BCUT2D eigenvalue weighted by Gasteiger charge is 2.17. The van der Waals surface area contributed by atoms with Gasteiger partial charge in [-0.2, -0.15) is 4.98 Å². The van der Waals surface area contributed by atoms with E-state index in [1.165, 1.54) is 0 Å². The minimum absolute atomic E-state index is 0.268. The molecule has 1 aromatic heterocycles. The number of halogens is 1. The molecule has 1 N–H and O–H groups in total. The van der Waals surface area contributed by atoms with Crippen molar-refractivity contribution in [2.24, 2.45) is 0 Å². The summed E-state index contributed by atoms with van der Waals surface area (Å²) in [5, 5.41) is 7.56. The van der Waals surface area contributed by atoms with Crippen LogP contribution < -0.4 is 14.8 Å². The molecule has 6 nitrogen and oxygen atoms in total. The topological polar surface area (TPSA) is 69.4 Å². The lowest BCUT2D eigenvalue weighted by atomic mass is 10.2. The lowest BCUT2D eigenvalue weighted by Crippen LogP contribution is -2.24. The maximum atomic E-state index is 6.25. The van der Waals surface area contributed by atoms with Crippen molar-refractivity contribution in [1.82, 2.24) is 15.5 Å². The van der Waals surface area contributed by atoms with Crippen molar-refractivity contribution in [2.75, 3.05) is 20.8 Å². The number of nitrogens with zero attached hydrogens (tertiary/aromatic N) is 2. The Labute approximate surface area is 134 Å². The molecule has 0 spiro atoms. The van der Waals surface area contributed by atoms with Crippen LogP contribution in [0.3, 0.4) is 0 Å². The molecular weight excluding hydrogens is 306 g/mol. The van der Waals surface area contributed by atoms with Crippen LogP contribution in [0, 0.1) is 0 Å². The first kappa shape index (κ1) is 16.6. The summed E-state index contributed by atoms with van der Waals surface area (Å²) in [6, 6.07) is 3.77. The normalized spacial score (nSPS) is 12.2. The zero-order valence-electron chi connectivity index (χ0n) is 13.1. The van der Waals surface area contributed by atoms with E-state index in [0.29, 0.717) is 46.8 Å². The van der Waals surface area contributed by atoms with E-state index < -0.39 is 0 Å². The van der Waals surface area contributed by atoms with Gasteiger partial charge in [-0.1, -0.05) is 16.8 Å². The van der Waals surface area contributed by atoms with Crippen LogP contribution in [0.2, 0.25) is 5.02 Å². The summed E-state index contributed by atoms with van der Waals surface area (Å²) >= 11 is 6.25. The van der Waals surface area contributed by atoms with E-state index in [1.807, 2.05) is 20.9 Å². The summed E-state index contributed by atoms with van der Waals surface area (Å²) in [7, 11) is 3.45. The van der Waals surface area contributed by atoms with Crippen LogP contribution in [0.5, 0.6) is 11.5 Å². The van der Waals surface area contributed by atoms with E-state index in [2.05, 4.69) is 15.5 Å². The van der Waals surface area contributed by atoms with Crippen molar-refractivity contribution in [2.45, 2.75) is 26.3 Å². The SMILES string of the molecule is CCOc1c(Cl)cc(-c2nc(CC(C)NC)no2)cc1OC. The Bertz CT molecular complexity index is 630. The standard InChI is InChI=1S/C15H20ClN3O3/c1-5-21-14-11(16)7-10(8-12(14)20-4)15-18-13(19-22-15)6-9(2)17-3/h7-9,17H,5-6H2,1-4H3. The van der Waals surface area contributed by atoms with E-state index in [-0.39, 0.29) is 6.04 Å². The Hall–Kier alpha value is -1.79. The number of methoxy groups -OCH3 is 1. The molecule has 2 rings (SSSR count). The van der Waals surface area contributed by atoms with Gasteiger partial charge in [0, 0.05) is 18.0 Å². The summed E-state index contributed by atoms with van der Waals surface area (Å²) < 4.78 is 16.1. The summed E-state index contributed by atoms with van der Waals surface area (Å²) in [4.78, 5) is 4.39. The van der Waals surface area contributed by atoms with E-state index in [1.54, 1.807) is 19.2 Å². The summed E-state index contributed by atoms with van der Waals surface area (Å²) in [6.45, 7) is 4.44. The predicted octanol–water partition coefficient (Wildman–Crippen LogP) is 2.95. The fourth-order valence-corrected chi connectivity index (χ4v) is 2.22. The van der Waals surface area contributed by atoms with Crippen LogP contribution in [-0.4, -0.2) is 36.9 Å². The molecule has 0 saturated carbocycles. The maximum absolute atomic E-state index is 6.25. The van der Waals surface area contributed by atoms with Crippen molar-refractivity contribution in [3.05, 3.63) is 23.0 Å². The van der Waals surface area contributed by atoms with Crippen molar-refractivity contribution in [3.8, 4) is 23.0 Å². The second-order valence-electron chi connectivity index (χ2n) is 4.83. The van der Waals surface area contributed by atoms with Crippen LogP contribution >= 0.6 is 11.6 Å². The van der Waals surface area contributed by atoms with Gasteiger partial charge in [0.2, 0.25) is 0 Å². The zero-order valence-corrected chi connectivity index (χ0v) is 13.9. The molecule has 22 heavy (non-hydrogen) atoms. The van der Waals surface area contributed by atoms with Gasteiger partial charge in [-0.3, -0.25) is 0 Å². The van der Waals surface area contributed by atoms with E-state index in [9.17, 15) is 0 Å². The zero-order chi connectivity index (χ0) is 16.1. The molecule has 1 aromatic carbocycles. The molecule has 0 bridgehead atoms. The minimum Gasteiger partial charge on any atom is -0.493 e. The van der Waals surface area contributed by atoms with Gasteiger partial charge in [-0.25, -0.2) is 0 Å². The van der Waals surface area contributed by atoms with E-state index in [0.717, 1.165) is 0 Å². The Morgan fingerprint density at radius 3 is 2.82 bits per heavy atom. The Morgan fingerprint density at radius 2 is 2.18 bits per heavy atom. The molecule has 1 heterocycles. The van der Waals surface area contributed by atoms with Gasteiger partial charge in [0.15, 0.2) is 17.3 Å². The van der Waals surface area contributed by atoms with Gasteiger partial charge >= 0.3 is 0 Å². The minimum atomic E-state index is 0.268. The molecule has 2 aromatic rings. The molecule has 1 unspecified atom stereocenters. The van der Waals surface area contributed by atoms with Crippen LogP contribution in [0.25, 0.3) is 11.5 Å². The average Bonchev–Trinajstić information content (AvgIpc) is 2.97. The summed E-state index contributed by atoms with van der Waals surface area (Å²) in [5.41, 5.74) is 0.696. The van der Waals surface area contributed by atoms with E-state index >= 15 is 0 Å². The smallest absolute Gasteiger partial charge is 0.258 e. The maximum Gasteiger partial charge on any atom is 0.258 e. The molecule has 0 aliphatic rings. The molecule has 0 saturated heterocycles. The molecule has 0 fully saturated rings. The number of aromatic nitrogens is 2. The first-order valence-corrected chi connectivity index (χ1v) is 7.47. The molecule has 0 aliphatic carbocycles. The number of likely N-dealkylation sites (N-methyl/N-ethyl adjacent to an activating group) is 1. The molecule has 0 radical (unpaired) electrons. The highest BCUT2D eigenvalue weighted by atomic mass is 35.5. The molecule has 7 heteroatoms. The lowest BCUT2D eigenvalue weighted by molar-refractivity contribution is 0.311. The fourth-order valence-electron chi connectivity index (χ4n) is 1.96. The first-order chi connectivity index (χ1) is 10.6. The highest BCUT2D eigenvalue weighted by molar-refractivity contribution is 6.32.